The van der Waals surface area contributed by atoms with Gasteiger partial charge in [0.2, 0.25) is 0 Å². The lowest BCUT2D eigenvalue weighted by Gasteiger charge is -2.07. The summed E-state index contributed by atoms with van der Waals surface area (Å²) < 4.78 is 7.28. The van der Waals surface area contributed by atoms with Crippen molar-refractivity contribution in [2.45, 2.75) is 0 Å². The van der Waals surface area contributed by atoms with E-state index in [1.54, 1.807) is 25.6 Å². The number of benzene rings is 1. The van der Waals surface area contributed by atoms with Crippen molar-refractivity contribution in [2.24, 2.45) is 7.05 Å². The molecule has 98 valence electrons. The van der Waals surface area contributed by atoms with Crippen LogP contribution in [0.4, 0.5) is 0 Å². The van der Waals surface area contributed by atoms with E-state index in [0.29, 0.717) is 16.8 Å². The molecule has 5 nitrogen and oxygen atoms in total. The van der Waals surface area contributed by atoms with E-state index in [9.17, 15) is 5.26 Å². The van der Waals surface area contributed by atoms with Crippen LogP contribution in [0.5, 0.6) is 5.75 Å². The molecule has 0 saturated carbocycles. The highest BCUT2D eigenvalue weighted by Gasteiger charge is 2.15. The molecule has 0 aliphatic rings. The molecule has 0 aliphatic carbocycles. The van der Waals surface area contributed by atoms with Crippen molar-refractivity contribution in [1.29, 1.82) is 5.26 Å². The largest absolute Gasteiger partial charge is 0.494 e. The highest BCUT2D eigenvalue weighted by atomic mass is 16.5. The second kappa shape index (κ2) is 4.67. The molecule has 3 aromatic rings. The predicted molar refractivity (Wildman–Crippen MR) is 75.2 cm³/mol. The second-order valence-corrected chi connectivity index (χ2v) is 4.36. The first-order chi connectivity index (χ1) is 9.76. The number of aromatic nitrogens is 3. The van der Waals surface area contributed by atoms with Crippen molar-refractivity contribution in [2.75, 3.05) is 7.11 Å². The van der Waals surface area contributed by atoms with Crippen molar-refractivity contribution in [3.8, 4) is 23.2 Å². The van der Waals surface area contributed by atoms with Crippen LogP contribution in [0.15, 0.2) is 36.7 Å². The molecule has 0 fully saturated rings. The number of hydrogen-bond donors (Lipinski definition) is 0. The molecule has 0 unspecified atom stereocenters. The molecule has 0 amide bonds. The first-order valence-corrected chi connectivity index (χ1v) is 6.10. The van der Waals surface area contributed by atoms with Gasteiger partial charge in [0.05, 0.1) is 30.0 Å². The third kappa shape index (κ3) is 1.70. The highest BCUT2D eigenvalue weighted by molar-refractivity contribution is 5.86. The summed E-state index contributed by atoms with van der Waals surface area (Å²) in [6.07, 6.45) is 3.35. The van der Waals surface area contributed by atoms with Gasteiger partial charge in [-0.25, -0.2) is 4.98 Å². The zero-order valence-corrected chi connectivity index (χ0v) is 11.2. The SMILES string of the molecule is COc1cnccc1-c1nc2c(C#N)cccc2n1C. The summed E-state index contributed by atoms with van der Waals surface area (Å²) in [4.78, 5) is 8.64. The van der Waals surface area contributed by atoms with Crippen LogP contribution in [0.2, 0.25) is 0 Å². The van der Waals surface area contributed by atoms with Gasteiger partial charge in [-0.05, 0) is 18.2 Å². The average Bonchev–Trinajstić information content (AvgIpc) is 2.84. The van der Waals surface area contributed by atoms with E-state index in [1.165, 1.54) is 0 Å². The third-order valence-corrected chi connectivity index (χ3v) is 3.28. The second-order valence-electron chi connectivity index (χ2n) is 4.36. The Kier molecular flexibility index (Phi) is 2.84. The summed E-state index contributed by atoms with van der Waals surface area (Å²) >= 11 is 0. The molecule has 0 N–H and O–H groups in total. The number of ether oxygens (including phenoxy) is 1. The van der Waals surface area contributed by atoms with Gasteiger partial charge in [-0.2, -0.15) is 5.26 Å². The Morgan fingerprint density at radius 3 is 2.90 bits per heavy atom. The van der Waals surface area contributed by atoms with Gasteiger partial charge in [-0.3, -0.25) is 4.98 Å². The molecule has 2 heterocycles. The third-order valence-electron chi connectivity index (χ3n) is 3.28. The Morgan fingerprint density at radius 1 is 1.30 bits per heavy atom. The van der Waals surface area contributed by atoms with Gasteiger partial charge in [0.15, 0.2) is 0 Å². The highest BCUT2D eigenvalue weighted by Crippen LogP contribution is 2.31. The summed E-state index contributed by atoms with van der Waals surface area (Å²) in [6.45, 7) is 0. The molecule has 0 atom stereocenters. The lowest BCUT2D eigenvalue weighted by molar-refractivity contribution is 0.414. The fourth-order valence-electron chi connectivity index (χ4n) is 2.27. The zero-order valence-electron chi connectivity index (χ0n) is 11.2. The van der Waals surface area contributed by atoms with E-state index in [-0.39, 0.29) is 0 Å². The van der Waals surface area contributed by atoms with Gasteiger partial charge in [-0.15, -0.1) is 0 Å². The molecular weight excluding hydrogens is 252 g/mol. The number of nitrogens with zero attached hydrogens (tertiary/aromatic N) is 4. The van der Waals surface area contributed by atoms with Crippen LogP contribution in [-0.2, 0) is 7.05 Å². The molecule has 1 aromatic carbocycles. The topological polar surface area (TPSA) is 63.7 Å². The summed E-state index contributed by atoms with van der Waals surface area (Å²) in [5.74, 6) is 1.41. The number of imidazole rings is 1. The molecule has 20 heavy (non-hydrogen) atoms. The standard InChI is InChI=1S/C15H12N4O/c1-19-12-5-3-4-10(8-16)14(12)18-15(19)11-6-7-17-9-13(11)20-2/h3-7,9H,1-2H3. The number of fused-ring (bicyclic) bond motifs is 1. The van der Waals surface area contributed by atoms with Crippen LogP contribution >= 0.6 is 0 Å². The minimum absolute atomic E-state index is 0.567. The summed E-state index contributed by atoms with van der Waals surface area (Å²) in [5.41, 5.74) is 3.03. The number of para-hydroxylation sites is 1. The summed E-state index contributed by atoms with van der Waals surface area (Å²) in [6, 6.07) is 9.59. The maximum absolute atomic E-state index is 9.17. The van der Waals surface area contributed by atoms with Gasteiger partial charge in [0.1, 0.15) is 23.2 Å². The van der Waals surface area contributed by atoms with Crippen LogP contribution in [0, 0.1) is 11.3 Å². The van der Waals surface area contributed by atoms with Gasteiger partial charge >= 0.3 is 0 Å². The van der Waals surface area contributed by atoms with Crippen LogP contribution in [0.25, 0.3) is 22.4 Å². The first kappa shape index (κ1) is 12.2. The van der Waals surface area contributed by atoms with E-state index < -0.39 is 0 Å². The van der Waals surface area contributed by atoms with Crippen molar-refractivity contribution < 1.29 is 4.74 Å². The molecule has 5 heteroatoms. The maximum atomic E-state index is 9.17. The Morgan fingerprint density at radius 2 is 2.15 bits per heavy atom. The Labute approximate surface area is 116 Å². The number of rotatable bonds is 2. The van der Waals surface area contributed by atoms with E-state index in [0.717, 1.165) is 16.9 Å². The molecule has 0 saturated heterocycles. The van der Waals surface area contributed by atoms with Crippen LogP contribution in [0.3, 0.4) is 0 Å². The normalized spacial score (nSPS) is 10.4. The van der Waals surface area contributed by atoms with E-state index in [2.05, 4.69) is 16.0 Å². The quantitative estimate of drug-likeness (QED) is 0.713. The molecule has 0 spiro atoms. The summed E-state index contributed by atoms with van der Waals surface area (Å²) in [5, 5.41) is 9.17. The van der Waals surface area contributed by atoms with Gasteiger partial charge in [0.25, 0.3) is 0 Å². The van der Waals surface area contributed by atoms with Crippen molar-refractivity contribution in [1.82, 2.24) is 14.5 Å². The lowest BCUT2D eigenvalue weighted by Crippen LogP contribution is -1.95. The lowest BCUT2D eigenvalue weighted by atomic mass is 10.2. The average molecular weight is 264 g/mol. The fourth-order valence-corrected chi connectivity index (χ4v) is 2.27. The van der Waals surface area contributed by atoms with Gasteiger partial charge in [-0.1, -0.05) is 6.07 Å². The van der Waals surface area contributed by atoms with Crippen LogP contribution < -0.4 is 4.74 Å². The Bertz CT molecular complexity index is 829. The van der Waals surface area contributed by atoms with Crippen LogP contribution in [0.1, 0.15) is 5.56 Å². The summed E-state index contributed by atoms with van der Waals surface area (Å²) in [7, 11) is 3.52. The predicted octanol–water partition coefficient (Wildman–Crippen LogP) is 2.52. The molecule has 0 radical (unpaired) electrons. The van der Waals surface area contributed by atoms with Gasteiger partial charge < -0.3 is 9.30 Å². The van der Waals surface area contributed by atoms with E-state index in [4.69, 9.17) is 4.74 Å². The fraction of sp³-hybridized carbons (Fsp3) is 0.133. The first-order valence-electron chi connectivity index (χ1n) is 6.10. The number of aryl methyl sites for hydroxylation is 1. The molecule has 0 bridgehead atoms. The van der Waals surface area contributed by atoms with E-state index in [1.807, 2.05) is 29.8 Å². The Balaban J connectivity index is 2.33. The van der Waals surface area contributed by atoms with E-state index >= 15 is 0 Å². The van der Waals surface area contributed by atoms with Crippen molar-refractivity contribution in [3.05, 3.63) is 42.2 Å². The van der Waals surface area contributed by atoms with Crippen molar-refractivity contribution >= 4 is 11.0 Å². The minimum atomic E-state index is 0.567. The minimum Gasteiger partial charge on any atom is -0.494 e. The zero-order chi connectivity index (χ0) is 14.1. The monoisotopic (exact) mass is 264 g/mol. The molecular formula is C15H12N4O. The molecule has 2 aromatic heterocycles. The van der Waals surface area contributed by atoms with Crippen LogP contribution in [-0.4, -0.2) is 21.6 Å². The van der Waals surface area contributed by atoms with Crippen molar-refractivity contribution in [3.63, 3.8) is 0 Å². The number of hydrogen-bond acceptors (Lipinski definition) is 4. The molecule has 0 aliphatic heterocycles. The molecule has 3 rings (SSSR count). The maximum Gasteiger partial charge on any atom is 0.148 e. The Hall–Kier alpha value is -2.87. The number of nitriles is 1. The van der Waals surface area contributed by atoms with Gasteiger partial charge in [0, 0.05) is 13.2 Å². The smallest absolute Gasteiger partial charge is 0.148 e. The number of methoxy groups -OCH3 is 1. The number of pyridine rings is 1.